The number of benzene rings is 1. The quantitative estimate of drug-likeness (QED) is 0.715. The summed E-state index contributed by atoms with van der Waals surface area (Å²) in [5.41, 5.74) is 0.938. The van der Waals surface area contributed by atoms with Crippen molar-refractivity contribution in [2.75, 3.05) is 12.4 Å². The minimum absolute atomic E-state index is 0.0670. The average molecular weight is 228 g/mol. The van der Waals surface area contributed by atoms with Gasteiger partial charge in [-0.1, -0.05) is 12.1 Å². The average Bonchev–Trinajstić information content (AvgIpc) is 2.18. The van der Waals surface area contributed by atoms with Gasteiger partial charge < -0.3 is 14.8 Å². The molecule has 0 aliphatic heterocycles. The van der Waals surface area contributed by atoms with Crippen LogP contribution in [0.1, 0.15) is 5.56 Å². The van der Waals surface area contributed by atoms with Crippen LogP contribution in [0.5, 0.6) is 0 Å². The zero-order valence-electron chi connectivity index (χ0n) is 8.05. The molecule has 0 spiro atoms. The van der Waals surface area contributed by atoms with Crippen LogP contribution in [0.2, 0.25) is 0 Å². The Balaban J connectivity index is 2.66. The van der Waals surface area contributed by atoms with Crippen LogP contribution in [0, 0.1) is 0 Å². The molecule has 1 aromatic rings. The molecule has 1 aromatic carbocycles. The summed E-state index contributed by atoms with van der Waals surface area (Å²) >= 11 is -1.49. The van der Waals surface area contributed by atoms with Crippen molar-refractivity contribution in [1.29, 1.82) is 0 Å². The molecule has 0 aromatic heterocycles. The molecular weight excluding hydrogens is 216 g/mol. The molecule has 0 heterocycles. The van der Waals surface area contributed by atoms with Crippen LogP contribution in [0.25, 0.3) is 0 Å². The minimum atomic E-state index is -1.49. The van der Waals surface area contributed by atoms with Gasteiger partial charge in [-0.3, -0.25) is 0 Å². The summed E-state index contributed by atoms with van der Waals surface area (Å²) in [5.74, 6) is -1.45. The van der Waals surface area contributed by atoms with Crippen molar-refractivity contribution in [3.8, 4) is 0 Å². The SMILES string of the molecule is O=C(O)C[S+]([O-])c1ccc(CCO)cc1. The van der Waals surface area contributed by atoms with Crippen LogP contribution >= 0.6 is 0 Å². The van der Waals surface area contributed by atoms with E-state index in [4.69, 9.17) is 10.2 Å². The monoisotopic (exact) mass is 228 g/mol. The molecule has 82 valence electrons. The van der Waals surface area contributed by atoms with Crippen molar-refractivity contribution < 1.29 is 19.6 Å². The van der Waals surface area contributed by atoms with Crippen molar-refractivity contribution in [3.63, 3.8) is 0 Å². The topological polar surface area (TPSA) is 80.6 Å². The molecule has 0 amide bonds. The third-order valence-electron chi connectivity index (χ3n) is 1.84. The van der Waals surface area contributed by atoms with E-state index in [0.717, 1.165) is 5.56 Å². The second-order valence-corrected chi connectivity index (χ2v) is 4.45. The Morgan fingerprint density at radius 2 is 1.93 bits per heavy atom. The van der Waals surface area contributed by atoms with E-state index in [1.165, 1.54) is 0 Å². The highest BCUT2D eigenvalue weighted by Gasteiger charge is 2.14. The molecule has 0 bridgehead atoms. The van der Waals surface area contributed by atoms with Crippen LogP contribution in [0.15, 0.2) is 29.2 Å². The van der Waals surface area contributed by atoms with E-state index in [9.17, 15) is 9.35 Å². The maximum absolute atomic E-state index is 11.4. The molecule has 0 saturated carbocycles. The fraction of sp³-hybridized carbons (Fsp3) is 0.300. The highest BCUT2D eigenvalue weighted by Crippen LogP contribution is 2.12. The largest absolute Gasteiger partial charge is 0.611 e. The number of hydrogen-bond acceptors (Lipinski definition) is 3. The number of carbonyl (C=O) groups is 1. The van der Waals surface area contributed by atoms with Gasteiger partial charge in [0.15, 0.2) is 4.90 Å². The number of aliphatic hydroxyl groups is 1. The van der Waals surface area contributed by atoms with E-state index in [1.807, 2.05) is 0 Å². The Bertz CT molecular complexity index is 323. The first-order valence-corrected chi connectivity index (χ1v) is 5.75. The first kappa shape index (κ1) is 12.0. The fourth-order valence-electron chi connectivity index (χ4n) is 1.13. The lowest BCUT2D eigenvalue weighted by molar-refractivity contribution is -0.134. The van der Waals surface area contributed by atoms with Gasteiger partial charge in [0, 0.05) is 6.61 Å². The van der Waals surface area contributed by atoms with Crippen molar-refractivity contribution in [2.24, 2.45) is 0 Å². The van der Waals surface area contributed by atoms with Gasteiger partial charge in [0.2, 0.25) is 5.75 Å². The highest BCUT2D eigenvalue weighted by atomic mass is 32.2. The van der Waals surface area contributed by atoms with Crippen LogP contribution < -0.4 is 0 Å². The van der Waals surface area contributed by atoms with E-state index >= 15 is 0 Å². The normalized spacial score (nSPS) is 12.4. The summed E-state index contributed by atoms with van der Waals surface area (Å²) in [4.78, 5) is 10.8. The molecule has 0 aliphatic rings. The van der Waals surface area contributed by atoms with E-state index in [1.54, 1.807) is 24.3 Å². The Kier molecular flexibility index (Phi) is 4.61. The summed E-state index contributed by atoms with van der Waals surface area (Å²) in [5, 5.41) is 17.1. The lowest BCUT2D eigenvalue weighted by Crippen LogP contribution is -2.15. The summed E-state index contributed by atoms with van der Waals surface area (Å²) in [6, 6.07) is 6.74. The zero-order valence-corrected chi connectivity index (χ0v) is 8.87. The molecule has 5 heteroatoms. The lowest BCUT2D eigenvalue weighted by Gasteiger charge is -2.08. The van der Waals surface area contributed by atoms with Crippen molar-refractivity contribution in [1.82, 2.24) is 0 Å². The summed E-state index contributed by atoms with van der Waals surface area (Å²) in [6.45, 7) is 0.0670. The van der Waals surface area contributed by atoms with E-state index < -0.39 is 17.1 Å². The fourth-order valence-corrected chi connectivity index (χ4v) is 1.96. The maximum atomic E-state index is 11.4. The van der Waals surface area contributed by atoms with Crippen molar-refractivity contribution in [3.05, 3.63) is 29.8 Å². The molecule has 15 heavy (non-hydrogen) atoms. The lowest BCUT2D eigenvalue weighted by atomic mass is 10.2. The number of carboxylic acid groups (broad SMARTS) is 1. The summed E-state index contributed by atoms with van der Waals surface area (Å²) in [6.07, 6.45) is 0.547. The molecule has 4 nitrogen and oxygen atoms in total. The zero-order chi connectivity index (χ0) is 11.3. The second kappa shape index (κ2) is 5.75. The van der Waals surface area contributed by atoms with Crippen LogP contribution in [0.3, 0.4) is 0 Å². The minimum Gasteiger partial charge on any atom is -0.611 e. The summed E-state index contributed by atoms with van der Waals surface area (Å²) in [7, 11) is 0. The summed E-state index contributed by atoms with van der Waals surface area (Å²) < 4.78 is 11.4. The standard InChI is InChI=1S/C10H12O4S/c11-6-5-8-1-3-9(4-2-8)15(14)7-10(12)13/h1-4,11H,5-7H2,(H,12,13). The second-order valence-electron chi connectivity index (χ2n) is 3.00. The Morgan fingerprint density at radius 1 is 1.33 bits per heavy atom. The van der Waals surface area contributed by atoms with Gasteiger partial charge in [-0.25, -0.2) is 4.79 Å². The van der Waals surface area contributed by atoms with Crippen molar-refractivity contribution in [2.45, 2.75) is 11.3 Å². The third-order valence-corrected chi connectivity index (χ3v) is 3.15. The van der Waals surface area contributed by atoms with Gasteiger partial charge in [-0.15, -0.1) is 0 Å². The number of aliphatic hydroxyl groups excluding tert-OH is 1. The van der Waals surface area contributed by atoms with Gasteiger partial charge in [0.1, 0.15) is 0 Å². The number of aliphatic carboxylic acids is 1. The predicted molar refractivity (Wildman–Crippen MR) is 56.1 cm³/mol. The van der Waals surface area contributed by atoms with Gasteiger partial charge in [-0.05, 0) is 35.3 Å². The Hall–Kier alpha value is -1.04. The molecule has 0 radical (unpaired) electrons. The first-order valence-electron chi connectivity index (χ1n) is 4.43. The molecule has 0 aliphatic carbocycles. The number of rotatable bonds is 5. The van der Waals surface area contributed by atoms with Crippen LogP contribution in [-0.2, 0) is 22.4 Å². The van der Waals surface area contributed by atoms with Crippen molar-refractivity contribution >= 4 is 17.1 Å². The Labute approximate surface area is 90.7 Å². The number of hydrogen-bond donors (Lipinski definition) is 2. The molecule has 0 fully saturated rings. The molecule has 1 rings (SSSR count). The van der Waals surface area contributed by atoms with E-state index in [2.05, 4.69) is 0 Å². The number of carboxylic acids is 1. The molecule has 1 unspecified atom stereocenters. The molecule has 2 N–H and O–H groups in total. The highest BCUT2D eigenvalue weighted by molar-refractivity contribution is 7.92. The maximum Gasteiger partial charge on any atom is 0.354 e. The van der Waals surface area contributed by atoms with Gasteiger partial charge >= 0.3 is 5.97 Å². The predicted octanol–water partition coefficient (Wildman–Crippen LogP) is 0.414. The van der Waals surface area contributed by atoms with Gasteiger partial charge in [0.25, 0.3) is 0 Å². The smallest absolute Gasteiger partial charge is 0.354 e. The molecule has 0 saturated heterocycles. The van der Waals surface area contributed by atoms with Gasteiger partial charge in [0.05, 0.1) is 0 Å². The molecule has 1 atom stereocenters. The molecular formula is C10H12O4S. The van der Waals surface area contributed by atoms with E-state index in [-0.39, 0.29) is 12.4 Å². The van der Waals surface area contributed by atoms with E-state index in [0.29, 0.717) is 11.3 Å². The van der Waals surface area contributed by atoms with Crippen LogP contribution in [0.4, 0.5) is 0 Å². The van der Waals surface area contributed by atoms with Crippen LogP contribution in [-0.4, -0.2) is 33.1 Å². The Morgan fingerprint density at radius 3 is 2.40 bits per heavy atom. The third kappa shape index (κ3) is 3.91. The first-order chi connectivity index (χ1) is 7.13. The van der Waals surface area contributed by atoms with Gasteiger partial charge in [-0.2, -0.15) is 0 Å².